The van der Waals surface area contributed by atoms with Gasteiger partial charge in [-0.3, -0.25) is 14.6 Å². The second kappa shape index (κ2) is 7.19. The molecule has 0 radical (unpaired) electrons. The average molecular weight is 401 g/mol. The Balaban J connectivity index is 2.17. The molecule has 1 aliphatic rings. The van der Waals surface area contributed by atoms with E-state index in [-0.39, 0.29) is 11.3 Å². The highest BCUT2D eigenvalue weighted by atomic mass is 79.9. The molecule has 128 valence electrons. The molecule has 25 heavy (non-hydrogen) atoms. The summed E-state index contributed by atoms with van der Waals surface area (Å²) in [5, 5.41) is 10.8. The number of amides is 1. The summed E-state index contributed by atoms with van der Waals surface area (Å²) >= 11 is 3.34. The summed E-state index contributed by atoms with van der Waals surface area (Å²) in [6.45, 7) is 2.37. The van der Waals surface area contributed by atoms with Gasteiger partial charge >= 0.3 is 0 Å². The van der Waals surface area contributed by atoms with Crippen LogP contribution in [-0.4, -0.2) is 33.2 Å². The fourth-order valence-electron chi connectivity index (χ4n) is 3.00. The zero-order valence-corrected chi connectivity index (χ0v) is 15.2. The molecule has 0 saturated carbocycles. The zero-order valence-electron chi connectivity index (χ0n) is 13.6. The van der Waals surface area contributed by atoms with E-state index in [9.17, 15) is 14.7 Å². The molecule has 1 fully saturated rings. The number of benzene rings is 1. The number of hydrogen-bond donors (Lipinski definition) is 1. The van der Waals surface area contributed by atoms with Gasteiger partial charge in [0.2, 0.25) is 0 Å². The minimum Gasteiger partial charge on any atom is -0.507 e. The predicted molar refractivity (Wildman–Crippen MR) is 97.7 cm³/mol. The van der Waals surface area contributed by atoms with Crippen molar-refractivity contribution in [3.8, 4) is 0 Å². The van der Waals surface area contributed by atoms with Crippen molar-refractivity contribution in [2.45, 2.75) is 19.4 Å². The number of rotatable bonds is 4. The van der Waals surface area contributed by atoms with Crippen LogP contribution in [0.4, 0.5) is 0 Å². The maximum Gasteiger partial charge on any atom is 0.295 e. The molecule has 1 aliphatic heterocycles. The summed E-state index contributed by atoms with van der Waals surface area (Å²) in [6.07, 6.45) is 3.96. The Morgan fingerprint density at radius 3 is 2.56 bits per heavy atom. The molecule has 1 aromatic heterocycles. The number of Topliss-reactive ketones (excluding diaryl/α,β-unsaturated/α-hetero) is 1. The van der Waals surface area contributed by atoms with Crippen molar-refractivity contribution in [3.63, 3.8) is 0 Å². The monoisotopic (exact) mass is 400 g/mol. The Morgan fingerprint density at radius 2 is 1.96 bits per heavy atom. The molecule has 1 atom stereocenters. The lowest BCUT2D eigenvalue weighted by Crippen LogP contribution is -2.30. The first-order valence-corrected chi connectivity index (χ1v) is 8.78. The van der Waals surface area contributed by atoms with Gasteiger partial charge in [-0.1, -0.05) is 41.1 Å². The lowest BCUT2D eigenvalue weighted by molar-refractivity contribution is -0.139. The third kappa shape index (κ3) is 3.22. The molecule has 0 spiro atoms. The Labute approximate surface area is 154 Å². The Morgan fingerprint density at radius 1 is 1.24 bits per heavy atom. The van der Waals surface area contributed by atoms with Crippen LogP contribution in [-0.2, 0) is 9.59 Å². The maximum atomic E-state index is 12.6. The van der Waals surface area contributed by atoms with Gasteiger partial charge in [-0.25, -0.2) is 0 Å². The van der Waals surface area contributed by atoms with Gasteiger partial charge in [-0.15, -0.1) is 0 Å². The molecule has 0 bridgehead atoms. The Bertz CT molecular complexity index is 832. The number of likely N-dealkylation sites (tertiary alicyclic amines) is 1. The number of halogens is 1. The number of nitrogens with zero attached hydrogens (tertiary/aromatic N) is 2. The standard InChI is InChI=1S/C19H17BrN2O3/c1-2-10-22-16(13-4-3-9-21-11-13)15(18(24)19(22)25)17(23)12-5-7-14(20)8-6-12/h3-9,11,16,23H,2,10H2,1H3/b17-15-. The van der Waals surface area contributed by atoms with Crippen molar-refractivity contribution in [1.82, 2.24) is 9.88 Å². The van der Waals surface area contributed by atoms with E-state index in [0.29, 0.717) is 24.1 Å². The molecule has 1 amide bonds. The normalized spacial score (nSPS) is 19.4. The van der Waals surface area contributed by atoms with Gasteiger partial charge < -0.3 is 10.0 Å². The van der Waals surface area contributed by atoms with E-state index in [2.05, 4.69) is 20.9 Å². The first-order valence-electron chi connectivity index (χ1n) is 7.99. The van der Waals surface area contributed by atoms with E-state index >= 15 is 0 Å². The first kappa shape index (κ1) is 17.4. The van der Waals surface area contributed by atoms with Crippen LogP contribution in [0.5, 0.6) is 0 Å². The number of aliphatic hydroxyl groups is 1. The number of carbonyl (C=O) groups is 2. The number of aliphatic hydroxyl groups excluding tert-OH is 1. The Hall–Kier alpha value is -2.47. The third-order valence-corrected chi connectivity index (χ3v) is 4.65. The van der Waals surface area contributed by atoms with Crippen molar-refractivity contribution in [2.24, 2.45) is 0 Å². The van der Waals surface area contributed by atoms with E-state index in [0.717, 1.165) is 4.47 Å². The van der Waals surface area contributed by atoms with Crippen molar-refractivity contribution < 1.29 is 14.7 Å². The van der Waals surface area contributed by atoms with E-state index in [4.69, 9.17) is 0 Å². The number of carbonyl (C=O) groups excluding carboxylic acids is 2. The summed E-state index contributed by atoms with van der Waals surface area (Å²) in [4.78, 5) is 30.7. The summed E-state index contributed by atoms with van der Waals surface area (Å²) in [6, 6.07) is 9.88. The smallest absolute Gasteiger partial charge is 0.295 e. The van der Waals surface area contributed by atoms with E-state index < -0.39 is 17.7 Å². The molecule has 1 unspecified atom stereocenters. The quantitative estimate of drug-likeness (QED) is 0.482. The minimum absolute atomic E-state index is 0.105. The van der Waals surface area contributed by atoms with Gasteiger partial charge in [-0.05, 0) is 30.2 Å². The second-order valence-electron chi connectivity index (χ2n) is 5.79. The first-order chi connectivity index (χ1) is 12.0. The van der Waals surface area contributed by atoms with Crippen LogP contribution in [0.25, 0.3) is 5.76 Å². The molecule has 1 aromatic carbocycles. The van der Waals surface area contributed by atoms with Crippen LogP contribution in [0.15, 0.2) is 58.8 Å². The van der Waals surface area contributed by atoms with Crippen LogP contribution < -0.4 is 0 Å². The number of hydrogen-bond acceptors (Lipinski definition) is 4. The van der Waals surface area contributed by atoms with Gasteiger partial charge in [0.1, 0.15) is 5.76 Å². The third-order valence-electron chi connectivity index (χ3n) is 4.12. The predicted octanol–water partition coefficient (Wildman–Crippen LogP) is 3.68. The molecule has 2 aromatic rings. The van der Waals surface area contributed by atoms with Gasteiger partial charge in [0.25, 0.3) is 11.7 Å². The van der Waals surface area contributed by atoms with Crippen LogP contribution in [0.1, 0.15) is 30.5 Å². The second-order valence-corrected chi connectivity index (χ2v) is 6.70. The molecular weight excluding hydrogens is 384 g/mol. The molecule has 1 saturated heterocycles. The van der Waals surface area contributed by atoms with E-state index in [1.807, 2.05) is 6.92 Å². The molecular formula is C19H17BrN2O3. The molecule has 6 heteroatoms. The van der Waals surface area contributed by atoms with Gasteiger partial charge in [0, 0.05) is 29.0 Å². The van der Waals surface area contributed by atoms with E-state index in [1.165, 1.54) is 4.90 Å². The topological polar surface area (TPSA) is 70.5 Å². The summed E-state index contributed by atoms with van der Waals surface area (Å²) < 4.78 is 0.860. The van der Waals surface area contributed by atoms with Crippen molar-refractivity contribution >= 4 is 33.4 Å². The van der Waals surface area contributed by atoms with E-state index in [1.54, 1.807) is 48.8 Å². The largest absolute Gasteiger partial charge is 0.507 e. The van der Waals surface area contributed by atoms with Crippen molar-refractivity contribution in [3.05, 3.63) is 70.0 Å². The molecule has 0 aliphatic carbocycles. The van der Waals surface area contributed by atoms with Gasteiger partial charge in [0.15, 0.2) is 0 Å². The van der Waals surface area contributed by atoms with Gasteiger partial charge in [-0.2, -0.15) is 0 Å². The highest BCUT2D eigenvalue weighted by Gasteiger charge is 2.45. The Kier molecular flexibility index (Phi) is 4.99. The van der Waals surface area contributed by atoms with Crippen LogP contribution in [0.2, 0.25) is 0 Å². The molecule has 3 rings (SSSR count). The van der Waals surface area contributed by atoms with Crippen molar-refractivity contribution in [1.29, 1.82) is 0 Å². The highest BCUT2D eigenvalue weighted by Crippen LogP contribution is 2.39. The van der Waals surface area contributed by atoms with Crippen molar-refractivity contribution in [2.75, 3.05) is 6.54 Å². The lowest BCUT2D eigenvalue weighted by Gasteiger charge is -2.24. The summed E-state index contributed by atoms with van der Waals surface area (Å²) in [5.41, 5.74) is 1.30. The fraction of sp³-hybridized carbons (Fsp3) is 0.211. The van der Waals surface area contributed by atoms with Crippen LogP contribution >= 0.6 is 15.9 Å². The average Bonchev–Trinajstić information content (AvgIpc) is 2.88. The molecule has 2 heterocycles. The fourth-order valence-corrected chi connectivity index (χ4v) is 3.26. The molecule has 5 nitrogen and oxygen atoms in total. The summed E-state index contributed by atoms with van der Waals surface area (Å²) in [5.74, 6) is -1.42. The SMILES string of the molecule is CCCN1C(=O)C(=O)/C(=C(\O)c2ccc(Br)cc2)C1c1cccnc1. The number of pyridine rings is 1. The maximum absolute atomic E-state index is 12.6. The highest BCUT2D eigenvalue weighted by molar-refractivity contribution is 9.10. The van der Waals surface area contributed by atoms with Crippen LogP contribution in [0.3, 0.4) is 0 Å². The number of aromatic nitrogens is 1. The lowest BCUT2D eigenvalue weighted by atomic mass is 9.96. The van der Waals surface area contributed by atoms with Gasteiger partial charge in [0.05, 0.1) is 11.6 Å². The summed E-state index contributed by atoms with van der Waals surface area (Å²) in [7, 11) is 0. The zero-order chi connectivity index (χ0) is 18.0. The number of ketones is 1. The minimum atomic E-state index is -0.664. The van der Waals surface area contributed by atoms with Crippen LogP contribution in [0, 0.1) is 0 Å². The molecule has 1 N–H and O–H groups in total.